The molecule has 0 aromatic rings. The zero-order valence-electron chi connectivity index (χ0n) is 11.3. The molecule has 0 saturated carbocycles. The summed E-state index contributed by atoms with van der Waals surface area (Å²) in [5.74, 6) is 4.86. The van der Waals surface area contributed by atoms with Crippen LogP contribution in [-0.4, -0.2) is 43.0 Å². The Kier molecular flexibility index (Phi) is 7.14. The minimum atomic E-state index is -0.146. The predicted octanol–water partition coefficient (Wildman–Crippen LogP) is 0.198. The van der Waals surface area contributed by atoms with Crippen LogP contribution < -0.4 is 11.3 Å². The van der Waals surface area contributed by atoms with Crippen LogP contribution in [0.2, 0.25) is 0 Å². The van der Waals surface area contributed by atoms with Crippen LogP contribution in [0.25, 0.3) is 0 Å². The second kappa shape index (κ2) is 8.66. The SMILES string of the molecule is C=CCCCOCC(=O)N1CCC(C(=O)NN)CC1. The summed E-state index contributed by atoms with van der Waals surface area (Å²) in [6, 6.07) is 0. The zero-order chi connectivity index (χ0) is 14.1. The molecule has 0 aromatic heterocycles. The van der Waals surface area contributed by atoms with Crippen LogP contribution in [0.3, 0.4) is 0 Å². The predicted molar refractivity (Wildman–Crippen MR) is 71.9 cm³/mol. The number of piperidine rings is 1. The summed E-state index contributed by atoms with van der Waals surface area (Å²) >= 11 is 0. The Morgan fingerprint density at radius 1 is 1.42 bits per heavy atom. The van der Waals surface area contributed by atoms with Gasteiger partial charge in [0, 0.05) is 25.6 Å². The van der Waals surface area contributed by atoms with Crippen molar-refractivity contribution in [3.8, 4) is 0 Å². The lowest BCUT2D eigenvalue weighted by Gasteiger charge is -2.30. The van der Waals surface area contributed by atoms with Crippen LogP contribution in [0.15, 0.2) is 12.7 Å². The Bertz CT molecular complexity index is 312. The number of ether oxygens (including phenoxy) is 1. The average Bonchev–Trinajstić information content (AvgIpc) is 2.46. The fraction of sp³-hybridized carbons (Fsp3) is 0.692. The molecule has 0 aromatic carbocycles. The molecule has 1 saturated heterocycles. The third kappa shape index (κ3) is 5.40. The Morgan fingerprint density at radius 3 is 2.68 bits per heavy atom. The van der Waals surface area contributed by atoms with Crippen LogP contribution in [0.4, 0.5) is 0 Å². The summed E-state index contributed by atoms with van der Waals surface area (Å²) in [6.45, 7) is 5.49. The topological polar surface area (TPSA) is 84.7 Å². The molecule has 1 fully saturated rings. The number of nitrogens with one attached hydrogen (secondary N) is 1. The zero-order valence-corrected chi connectivity index (χ0v) is 11.3. The quantitative estimate of drug-likeness (QED) is 0.227. The van der Waals surface area contributed by atoms with Crippen LogP contribution in [0.5, 0.6) is 0 Å². The smallest absolute Gasteiger partial charge is 0.248 e. The maximum absolute atomic E-state index is 11.8. The van der Waals surface area contributed by atoms with E-state index in [9.17, 15) is 9.59 Å². The summed E-state index contributed by atoms with van der Waals surface area (Å²) < 4.78 is 5.31. The molecule has 3 N–H and O–H groups in total. The molecule has 108 valence electrons. The van der Waals surface area contributed by atoms with Gasteiger partial charge in [0.25, 0.3) is 0 Å². The van der Waals surface area contributed by atoms with E-state index in [2.05, 4.69) is 12.0 Å². The van der Waals surface area contributed by atoms with Crippen molar-refractivity contribution in [1.29, 1.82) is 0 Å². The van der Waals surface area contributed by atoms with Gasteiger partial charge in [-0.1, -0.05) is 6.08 Å². The van der Waals surface area contributed by atoms with E-state index >= 15 is 0 Å². The van der Waals surface area contributed by atoms with Crippen molar-refractivity contribution in [1.82, 2.24) is 10.3 Å². The molecule has 1 aliphatic heterocycles. The number of hydrogen-bond donors (Lipinski definition) is 2. The molecule has 1 rings (SSSR count). The van der Waals surface area contributed by atoms with Gasteiger partial charge in [0.05, 0.1) is 0 Å². The van der Waals surface area contributed by atoms with E-state index in [1.165, 1.54) is 0 Å². The molecule has 0 aliphatic carbocycles. The second-order valence-corrected chi connectivity index (χ2v) is 4.65. The number of amides is 2. The Morgan fingerprint density at radius 2 is 2.11 bits per heavy atom. The number of allylic oxidation sites excluding steroid dienone is 1. The highest BCUT2D eigenvalue weighted by Gasteiger charge is 2.26. The molecule has 0 radical (unpaired) electrons. The maximum atomic E-state index is 11.8. The van der Waals surface area contributed by atoms with Gasteiger partial charge < -0.3 is 9.64 Å². The number of unbranched alkanes of at least 4 members (excludes halogenated alkanes) is 1. The number of hydrazine groups is 1. The summed E-state index contributed by atoms with van der Waals surface area (Å²) in [4.78, 5) is 24.9. The molecule has 0 atom stereocenters. The lowest BCUT2D eigenvalue weighted by molar-refractivity contribution is -0.139. The average molecular weight is 269 g/mol. The lowest BCUT2D eigenvalue weighted by Crippen LogP contribution is -2.45. The van der Waals surface area contributed by atoms with Crippen molar-refractivity contribution in [2.45, 2.75) is 25.7 Å². The van der Waals surface area contributed by atoms with Crippen molar-refractivity contribution in [2.75, 3.05) is 26.3 Å². The first kappa shape index (κ1) is 15.7. The summed E-state index contributed by atoms with van der Waals surface area (Å²) in [5.41, 5.74) is 2.16. The van der Waals surface area contributed by atoms with Gasteiger partial charge in [-0.25, -0.2) is 5.84 Å². The molecule has 0 unspecified atom stereocenters. The van der Waals surface area contributed by atoms with E-state index in [1.54, 1.807) is 4.90 Å². The van der Waals surface area contributed by atoms with Crippen LogP contribution in [0.1, 0.15) is 25.7 Å². The van der Waals surface area contributed by atoms with Crippen LogP contribution >= 0.6 is 0 Å². The van der Waals surface area contributed by atoms with E-state index in [1.807, 2.05) is 6.08 Å². The Balaban J connectivity index is 2.18. The van der Waals surface area contributed by atoms with Crippen molar-refractivity contribution in [2.24, 2.45) is 11.8 Å². The number of carbonyl (C=O) groups is 2. The van der Waals surface area contributed by atoms with Gasteiger partial charge >= 0.3 is 0 Å². The number of carbonyl (C=O) groups excluding carboxylic acids is 2. The van der Waals surface area contributed by atoms with E-state index in [0.717, 1.165) is 12.8 Å². The molecule has 6 heteroatoms. The van der Waals surface area contributed by atoms with Crippen molar-refractivity contribution >= 4 is 11.8 Å². The fourth-order valence-corrected chi connectivity index (χ4v) is 2.09. The molecule has 1 heterocycles. The van der Waals surface area contributed by atoms with Gasteiger partial charge in [0.2, 0.25) is 11.8 Å². The Hall–Kier alpha value is -1.40. The minimum absolute atomic E-state index is 0.00907. The second-order valence-electron chi connectivity index (χ2n) is 4.65. The monoisotopic (exact) mass is 269 g/mol. The highest BCUT2D eigenvalue weighted by Crippen LogP contribution is 2.17. The largest absolute Gasteiger partial charge is 0.372 e. The highest BCUT2D eigenvalue weighted by molar-refractivity contribution is 5.80. The van der Waals surface area contributed by atoms with E-state index in [0.29, 0.717) is 32.5 Å². The number of nitrogens with two attached hydrogens (primary N) is 1. The summed E-state index contributed by atoms with van der Waals surface area (Å²) in [6.07, 6.45) is 4.93. The van der Waals surface area contributed by atoms with Gasteiger partial charge in [-0.3, -0.25) is 15.0 Å². The van der Waals surface area contributed by atoms with Crippen LogP contribution in [0, 0.1) is 5.92 Å². The summed E-state index contributed by atoms with van der Waals surface area (Å²) in [7, 11) is 0. The fourth-order valence-electron chi connectivity index (χ4n) is 2.09. The normalized spacial score (nSPS) is 16.2. The van der Waals surface area contributed by atoms with Crippen molar-refractivity contribution < 1.29 is 14.3 Å². The molecular formula is C13H23N3O3. The first-order valence-corrected chi connectivity index (χ1v) is 6.66. The number of rotatable bonds is 7. The third-order valence-corrected chi connectivity index (χ3v) is 3.28. The van der Waals surface area contributed by atoms with Gasteiger partial charge in [-0.2, -0.15) is 0 Å². The van der Waals surface area contributed by atoms with Gasteiger partial charge in [-0.15, -0.1) is 6.58 Å². The van der Waals surface area contributed by atoms with E-state index < -0.39 is 0 Å². The number of likely N-dealkylation sites (tertiary alicyclic amines) is 1. The van der Waals surface area contributed by atoms with Crippen molar-refractivity contribution in [3.63, 3.8) is 0 Å². The number of nitrogens with zero attached hydrogens (tertiary/aromatic N) is 1. The molecule has 2 amide bonds. The third-order valence-electron chi connectivity index (χ3n) is 3.28. The maximum Gasteiger partial charge on any atom is 0.248 e. The molecular weight excluding hydrogens is 246 g/mol. The first-order chi connectivity index (χ1) is 9.19. The molecule has 19 heavy (non-hydrogen) atoms. The lowest BCUT2D eigenvalue weighted by atomic mass is 9.96. The van der Waals surface area contributed by atoms with E-state index in [4.69, 9.17) is 10.6 Å². The van der Waals surface area contributed by atoms with Crippen LogP contribution in [-0.2, 0) is 14.3 Å². The highest BCUT2D eigenvalue weighted by atomic mass is 16.5. The minimum Gasteiger partial charge on any atom is -0.372 e. The molecule has 6 nitrogen and oxygen atoms in total. The Labute approximate surface area is 113 Å². The molecule has 0 bridgehead atoms. The van der Waals surface area contributed by atoms with Gasteiger partial charge in [0.1, 0.15) is 6.61 Å². The first-order valence-electron chi connectivity index (χ1n) is 6.66. The summed E-state index contributed by atoms with van der Waals surface area (Å²) in [5, 5.41) is 0. The molecule has 0 spiro atoms. The number of hydrogen-bond acceptors (Lipinski definition) is 4. The standard InChI is InChI=1S/C13H23N3O3/c1-2-3-4-9-19-10-12(17)16-7-5-11(6-8-16)13(18)15-14/h2,11H,1,3-10,14H2,(H,15,18). The van der Waals surface area contributed by atoms with Gasteiger partial charge in [-0.05, 0) is 25.7 Å². The van der Waals surface area contributed by atoms with E-state index in [-0.39, 0.29) is 24.3 Å². The van der Waals surface area contributed by atoms with Crippen molar-refractivity contribution in [3.05, 3.63) is 12.7 Å². The molecule has 1 aliphatic rings. The van der Waals surface area contributed by atoms with Gasteiger partial charge in [0.15, 0.2) is 0 Å².